The summed E-state index contributed by atoms with van der Waals surface area (Å²) in [5.74, 6) is 1.43. The first-order valence-corrected chi connectivity index (χ1v) is 7.08. The lowest BCUT2D eigenvalue weighted by Gasteiger charge is -2.22. The third-order valence-corrected chi connectivity index (χ3v) is 3.93. The minimum atomic E-state index is -0.133. The van der Waals surface area contributed by atoms with E-state index in [1.165, 1.54) is 0 Å². The Kier molecular flexibility index (Phi) is 3.82. The lowest BCUT2D eigenvalue weighted by molar-refractivity contribution is 0.0982. The second kappa shape index (κ2) is 5.57. The molecule has 0 saturated carbocycles. The number of hydrogen-bond donors (Lipinski definition) is 1. The van der Waals surface area contributed by atoms with Gasteiger partial charge in [0.15, 0.2) is 11.5 Å². The van der Waals surface area contributed by atoms with Gasteiger partial charge in [0, 0.05) is 23.7 Å². The van der Waals surface area contributed by atoms with E-state index in [0.717, 1.165) is 37.2 Å². The van der Waals surface area contributed by atoms with E-state index in [1.54, 1.807) is 6.07 Å². The van der Waals surface area contributed by atoms with Crippen LogP contribution in [0, 0.1) is 0 Å². The minimum absolute atomic E-state index is 0.133. The molecule has 1 aromatic carbocycles. The zero-order chi connectivity index (χ0) is 13.2. The van der Waals surface area contributed by atoms with Crippen LogP contribution in [0.2, 0.25) is 5.02 Å². The van der Waals surface area contributed by atoms with Crippen molar-refractivity contribution < 1.29 is 14.2 Å². The van der Waals surface area contributed by atoms with E-state index in [9.17, 15) is 0 Å². The van der Waals surface area contributed by atoms with Crippen LogP contribution in [0.5, 0.6) is 11.5 Å². The van der Waals surface area contributed by atoms with Crippen molar-refractivity contribution in [2.75, 3.05) is 19.8 Å². The fourth-order valence-electron chi connectivity index (χ4n) is 2.60. The Morgan fingerprint density at radius 3 is 2.63 bits per heavy atom. The van der Waals surface area contributed by atoms with Gasteiger partial charge in [-0.2, -0.15) is 0 Å². The number of nitrogens with two attached hydrogens (primary N) is 1. The molecule has 0 bridgehead atoms. The lowest BCUT2D eigenvalue weighted by Crippen LogP contribution is -2.20. The van der Waals surface area contributed by atoms with Crippen LogP contribution in [0.3, 0.4) is 0 Å². The van der Waals surface area contributed by atoms with Crippen LogP contribution >= 0.6 is 11.6 Å². The van der Waals surface area contributed by atoms with E-state index in [0.29, 0.717) is 24.0 Å². The molecule has 1 aromatic rings. The number of halogens is 1. The molecule has 19 heavy (non-hydrogen) atoms. The molecule has 1 saturated heterocycles. The smallest absolute Gasteiger partial charge is 0.162 e. The summed E-state index contributed by atoms with van der Waals surface area (Å²) in [6.45, 7) is 1.96. The van der Waals surface area contributed by atoms with Crippen molar-refractivity contribution in [2.45, 2.75) is 31.4 Å². The summed E-state index contributed by atoms with van der Waals surface area (Å²) < 4.78 is 16.7. The highest BCUT2D eigenvalue weighted by atomic mass is 35.5. The Labute approximate surface area is 117 Å². The molecule has 2 aliphatic rings. The summed E-state index contributed by atoms with van der Waals surface area (Å²) in [5.41, 5.74) is 7.15. The summed E-state index contributed by atoms with van der Waals surface area (Å²) >= 11 is 6.29. The van der Waals surface area contributed by atoms with Crippen LogP contribution < -0.4 is 15.2 Å². The Hall–Kier alpha value is -0.970. The SMILES string of the molecule is NC(CC1CCCO1)c1cc2c(cc1Cl)OCCO2. The summed E-state index contributed by atoms with van der Waals surface area (Å²) in [7, 11) is 0. The van der Waals surface area contributed by atoms with Crippen molar-refractivity contribution >= 4 is 11.6 Å². The van der Waals surface area contributed by atoms with Crippen molar-refractivity contribution in [3.63, 3.8) is 0 Å². The first kappa shape index (κ1) is 13.0. The zero-order valence-corrected chi connectivity index (χ0v) is 11.5. The van der Waals surface area contributed by atoms with E-state index in [4.69, 9.17) is 31.5 Å². The zero-order valence-electron chi connectivity index (χ0n) is 10.7. The number of fused-ring (bicyclic) bond motifs is 1. The van der Waals surface area contributed by atoms with Gasteiger partial charge < -0.3 is 19.9 Å². The molecule has 0 aliphatic carbocycles. The molecule has 2 aliphatic heterocycles. The first-order chi connectivity index (χ1) is 9.24. The summed E-state index contributed by atoms with van der Waals surface area (Å²) in [6.07, 6.45) is 3.24. The molecule has 2 N–H and O–H groups in total. The predicted molar refractivity (Wildman–Crippen MR) is 73.0 cm³/mol. The molecule has 2 heterocycles. The highest BCUT2D eigenvalue weighted by Gasteiger charge is 2.23. The molecule has 0 spiro atoms. The standard InChI is InChI=1S/C14H18ClNO3/c15-11-8-14-13(18-4-5-19-14)7-10(11)12(16)6-9-2-1-3-17-9/h7-9,12H,1-6,16H2. The van der Waals surface area contributed by atoms with Gasteiger partial charge in [-0.1, -0.05) is 11.6 Å². The van der Waals surface area contributed by atoms with Crippen molar-refractivity contribution in [2.24, 2.45) is 5.73 Å². The van der Waals surface area contributed by atoms with Gasteiger partial charge in [-0.3, -0.25) is 0 Å². The molecule has 0 amide bonds. The number of hydrogen-bond acceptors (Lipinski definition) is 4. The van der Waals surface area contributed by atoms with Gasteiger partial charge in [0.25, 0.3) is 0 Å². The molecule has 0 aromatic heterocycles. The average molecular weight is 284 g/mol. The van der Waals surface area contributed by atoms with Crippen molar-refractivity contribution in [3.05, 3.63) is 22.7 Å². The van der Waals surface area contributed by atoms with Gasteiger partial charge in [0.1, 0.15) is 13.2 Å². The average Bonchev–Trinajstić information content (AvgIpc) is 2.90. The Morgan fingerprint density at radius 1 is 1.21 bits per heavy atom. The number of rotatable bonds is 3. The molecule has 3 rings (SSSR count). The number of ether oxygens (including phenoxy) is 3. The monoisotopic (exact) mass is 283 g/mol. The van der Waals surface area contributed by atoms with Crippen molar-refractivity contribution in [1.82, 2.24) is 0 Å². The highest BCUT2D eigenvalue weighted by Crippen LogP contribution is 2.38. The molecule has 0 radical (unpaired) electrons. The minimum Gasteiger partial charge on any atom is -0.486 e. The maximum atomic E-state index is 6.29. The summed E-state index contributed by atoms with van der Waals surface area (Å²) in [5, 5.41) is 0.634. The van der Waals surface area contributed by atoms with Gasteiger partial charge in [-0.15, -0.1) is 0 Å². The Bertz CT molecular complexity index is 460. The van der Waals surface area contributed by atoms with Crippen LogP contribution in [0.15, 0.2) is 12.1 Å². The fraction of sp³-hybridized carbons (Fsp3) is 0.571. The molecule has 2 unspecified atom stereocenters. The second-order valence-electron chi connectivity index (χ2n) is 4.99. The van der Waals surface area contributed by atoms with E-state index < -0.39 is 0 Å². The lowest BCUT2D eigenvalue weighted by atomic mass is 9.99. The largest absolute Gasteiger partial charge is 0.486 e. The van der Waals surface area contributed by atoms with Gasteiger partial charge in [-0.05, 0) is 30.9 Å². The number of benzene rings is 1. The topological polar surface area (TPSA) is 53.7 Å². The maximum Gasteiger partial charge on any atom is 0.162 e. The molecule has 1 fully saturated rings. The normalized spacial score (nSPS) is 23.4. The molecule has 2 atom stereocenters. The molecular weight excluding hydrogens is 266 g/mol. The van der Waals surface area contributed by atoms with Crippen molar-refractivity contribution in [3.8, 4) is 11.5 Å². The predicted octanol–water partition coefficient (Wildman–Crippen LogP) is 2.68. The van der Waals surface area contributed by atoms with E-state index in [1.807, 2.05) is 6.07 Å². The molecule has 5 heteroatoms. The van der Waals surface area contributed by atoms with Gasteiger partial charge in [0.2, 0.25) is 0 Å². The summed E-state index contributed by atoms with van der Waals surface area (Å²) in [6, 6.07) is 3.56. The van der Waals surface area contributed by atoms with Crippen LogP contribution in [0.1, 0.15) is 30.9 Å². The quantitative estimate of drug-likeness (QED) is 0.927. The van der Waals surface area contributed by atoms with Crippen LogP contribution in [-0.2, 0) is 4.74 Å². The van der Waals surface area contributed by atoms with Crippen LogP contribution in [-0.4, -0.2) is 25.9 Å². The van der Waals surface area contributed by atoms with E-state index >= 15 is 0 Å². The highest BCUT2D eigenvalue weighted by molar-refractivity contribution is 6.31. The van der Waals surface area contributed by atoms with Crippen molar-refractivity contribution in [1.29, 1.82) is 0 Å². The third kappa shape index (κ3) is 2.81. The van der Waals surface area contributed by atoms with Crippen LogP contribution in [0.25, 0.3) is 0 Å². The fourth-order valence-corrected chi connectivity index (χ4v) is 2.90. The van der Waals surface area contributed by atoms with Gasteiger partial charge in [0.05, 0.1) is 6.10 Å². The molecule has 4 nitrogen and oxygen atoms in total. The summed E-state index contributed by atoms with van der Waals surface area (Å²) in [4.78, 5) is 0. The third-order valence-electron chi connectivity index (χ3n) is 3.60. The van der Waals surface area contributed by atoms with Gasteiger partial charge >= 0.3 is 0 Å². The molecular formula is C14H18ClNO3. The first-order valence-electron chi connectivity index (χ1n) is 6.70. The van der Waals surface area contributed by atoms with Crippen LogP contribution in [0.4, 0.5) is 0 Å². The second-order valence-corrected chi connectivity index (χ2v) is 5.40. The van der Waals surface area contributed by atoms with E-state index in [-0.39, 0.29) is 12.1 Å². The Morgan fingerprint density at radius 2 is 1.95 bits per heavy atom. The Balaban J connectivity index is 1.78. The van der Waals surface area contributed by atoms with E-state index in [2.05, 4.69) is 0 Å². The molecule has 104 valence electrons. The van der Waals surface area contributed by atoms with Gasteiger partial charge in [-0.25, -0.2) is 0 Å². The maximum absolute atomic E-state index is 6.29.